The van der Waals surface area contributed by atoms with Crippen LogP contribution in [0.1, 0.15) is 25.7 Å². The summed E-state index contributed by atoms with van der Waals surface area (Å²) in [5.41, 5.74) is 0. The number of piperidine rings is 2. The lowest BCUT2D eigenvalue weighted by molar-refractivity contribution is -0.149. The Kier molecular flexibility index (Phi) is 5.68. The van der Waals surface area contributed by atoms with Crippen molar-refractivity contribution in [3.8, 4) is 5.82 Å². The molecule has 0 saturated carbocycles. The predicted octanol–water partition coefficient (Wildman–Crippen LogP) is 0.685. The summed E-state index contributed by atoms with van der Waals surface area (Å²) < 4.78 is 6.38. The van der Waals surface area contributed by atoms with Gasteiger partial charge in [-0.2, -0.15) is 5.10 Å². The molecule has 0 aromatic carbocycles. The minimum atomic E-state index is -0.165. The topological polar surface area (TPSA) is 106 Å². The first-order valence-corrected chi connectivity index (χ1v) is 9.96. The molecule has 2 saturated heterocycles. The molecule has 0 spiro atoms. The van der Waals surface area contributed by atoms with E-state index in [0.717, 1.165) is 31.7 Å². The number of hydrogen-bond acceptors (Lipinski definition) is 8. The van der Waals surface area contributed by atoms with Gasteiger partial charge in [-0.1, -0.05) is 0 Å². The molecule has 2 aromatic rings. The highest BCUT2D eigenvalue weighted by atomic mass is 16.5. The molecule has 1 amide bonds. The molecule has 29 heavy (non-hydrogen) atoms. The maximum absolute atomic E-state index is 12.9. The zero-order valence-electron chi connectivity index (χ0n) is 16.5. The van der Waals surface area contributed by atoms with Gasteiger partial charge in [-0.15, -0.1) is 10.2 Å². The molecular formula is C19H25N7O3. The van der Waals surface area contributed by atoms with Crippen molar-refractivity contribution >= 4 is 17.7 Å². The Balaban J connectivity index is 1.28. The third kappa shape index (κ3) is 4.20. The minimum Gasteiger partial charge on any atom is -0.469 e. The number of esters is 1. The molecule has 0 atom stereocenters. The zero-order chi connectivity index (χ0) is 20.2. The molecular weight excluding hydrogens is 374 g/mol. The monoisotopic (exact) mass is 399 g/mol. The normalized spacial score (nSPS) is 18.7. The summed E-state index contributed by atoms with van der Waals surface area (Å²) in [6.07, 6.45) is 5.99. The van der Waals surface area contributed by atoms with E-state index in [0.29, 0.717) is 31.7 Å². The Hall–Kier alpha value is -3.04. The van der Waals surface area contributed by atoms with Crippen LogP contribution in [0.4, 0.5) is 5.82 Å². The lowest BCUT2D eigenvalue weighted by atomic mass is 9.92. The Bertz CT molecular complexity index is 824. The van der Waals surface area contributed by atoms with E-state index in [1.807, 2.05) is 17.0 Å². The van der Waals surface area contributed by atoms with Crippen LogP contribution in [0.25, 0.3) is 5.82 Å². The molecule has 2 aliphatic rings. The summed E-state index contributed by atoms with van der Waals surface area (Å²) in [6, 6.07) is 3.78. The summed E-state index contributed by atoms with van der Waals surface area (Å²) in [4.78, 5) is 32.5. The highest BCUT2D eigenvalue weighted by molar-refractivity contribution is 5.80. The van der Waals surface area contributed by atoms with Crippen LogP contribution in [0.15, 0.2) is 24.8 Å². The average molecular weight is 399 g/mol. The van der Waals surface area contributed by atoms with Gasteiger partial charge in [0.2, 0.25) is 5.91 Å². The number of amides is 1. The molecule has 2 aliphatic heterocycles. The van der Waals surface area contributed by atoms with Gasteiger partial charge in [0.15, 0.2) is 11.6 Å². The number of methoxy groups -OCH3 is 1. The predicted molar refractivity (Wildman–Crippen MR) is 103 cm³/mol. The highest BCUT2D eigenvalue weighted by Crippen LogP contribution is 2.26. The van der Waals surface area contributed by atoms with Gasteiger partial charge < -0.3 is 14.5 Å². The van der Waals surface area contributed by atoms with Gasteiger partial charge in [0, 0.05) is 32.1 Å². The Labute approximate surface area is 168 Å². The fourth-order valence-electron chi connectivity index (χ4n) is 4.05. The summed E-state index contributed by atoms with van der Waals surface area (Å²) in [7, 11) is 1.42. The Morgan fingerprint density at radius 1 is 0.966 bits per heavy atom. The molecule has 0 unspecified atom stereocenters. The van der Waals surface area contributed by atoms with Gasteiger partial charge >= 0.3 is 5.97 Å². The van der Waals surface area contributed by atoms with Gasteiger partial charge in [-0.25, -0.2) is 9.67 Å². The van der Waals surface area contributed by atoms with Crippen LogP contribution in [0.3, 0.4) is 0 Å². The van der Waals surface area contributed by atoms with Crippen LogP contribution in [-0.2, 0) is 14.3 Å². The largest absolute Gasteiger partial charge is 0.469 e. The second kappa shape index (κ2) is 8.54. The number of rotatable bonds is 4. The minimum absolute atomic E-state index is 0.0308. The van der Waals surface area contributed by atoms with Crippen LogP contribution in [-0.4, -0.2) is 75.0 Å². The second-order valence-corrected chi connectivity index (χ2v) is 7.47. The van der Waals surface area contributed by atoms with Crippen LogP contribution >= 0.6 is 0 Å². The first-order chi connectivity index (χ1) is 14.2. The van der Waals surface area contributed by atoms with E-state index in [-0.39, 0.29) is 23.7 Å². The number of aromatic nitrogens is 5. The van der Waals surface area contributed by atoms with E-state index in [4.69, 9.17) is 4.74 Å². The number of carbonyl (C=O) groups excluding carboxylic acids is 2. The quantitative estimate of drug-likeness (QED) is 0.691. The van der Waals surface area contributed by atoms with Crippen LogP contribution in [0.2, 0.25) is 0 Å². The van der Waals surface area contributed by atoms with Crippen molar-refractivity contribution in [3.05, 3.63) is 24.8 Å². The first kappa shape index (κ1) is 19.3. The fourth-order valence-corrected chi connectivity index (χ4v) is 4.05. The maximum atomic E-state index is 12.9. The Morgan fingerprint density at radius 2 is 1.62 bits per heavy atom. The van der Waals surface area contributed by atoms with Crippen molar-refractivity contribution in [2.75, 3.05) is 38.2 Å². The van der Waals surface area contributed by atoms with E-state index in [1.54, 1.807) is 11.0 Å². The number of ether oxygens (including phenoxy) is 1. The fraction of sp³-hybridized carbons (Fsp3) is 0.579. The van der Waals surface area contributed by atoms with Gasteiger partial charge in [0.25, 0.3) is 0 Å². The van der Waals surface area contributed by atoms with Crippen LogP contribution in [0.5, 0.6) is 0 Å². The molecule has 0 radical (unpaired) electrons. The standard InChI is InChI=1S/C19H25N7O3/c1-29-19(28)15-6-10-25(11-7-15)18(27)14-4-8-24(9-5-14)16-2-3-17(23-22-16)26-13-20-12-21-26/h2-3,12-15H,4-11H2,1H3. The van der Waals surface area contributed by atoms with Gasteiger partial charge in [-0.3, -0.25) is 9.59 Å². The third-order valence-corrected chi connectivity index (χ3v) is 5.80. The molecule has 0 N–H and O–H groups in total. The third-order valence-electron chi connectivity index (χ3n) is 5.80. The zero-order valence-corrected chi connectivity index (χ0v) is 16.5. The number of hydrogen-bond donors (Lipinski definition) is 0. The number of carbonyl (C=O) groups is 2. The van der Waals surface area contributed by atoms with Crippen molar-refractivity contribution in [2.45, 2.75) is 25.7 Å². The Morgan fingerprint density at radius 3 is 2.21 bits per heavy atom. The summed E-state index contributed by atoms with van der Waals surface area (Å²) >= 11 is 0. The molecule has 0 aliphatic carbocycles. The van der Waals surface area contributed by atoms with E-state index in [9.17, 15) is 9.59 Å². The van der Waals surface area contributed by atoms with Crippen molar-refractivity contribution in [1.82, 2.24) is 29.9 Å². The van der Waals surface area contributed by atoms with Crippen molar-refractivity contribution in [1.29, 1.82) is 0 Å². The summed E-state index contributed by atoms with van der Waals surface area (Å²) in [5, 5.41) is 12.6. The smallest absolute Gasteiger partial charge is 0.308 e. The van der Waals surface area contributed by atoms with Gasteiger partial charge in [0.05, 0.1) is 13.0 Å². The van der Waals surface area contributed by atoms with Crippen LogP contribution in [0, 0.1) is 11.8 Å². The lowest BCUT2D eigenvalue weighted by Gasteiger charge is -2.37. The average Bonchev–Trinajstić information content (AvgIpc) is 3.33. The van der Waals surface area contributed by atoms with Crippen molar-refractivity contribution < 1.29 is 14.3 Å². The molecule has 2 fully saturated rings. The SMILES string of the molecule is COC(=O)C1CCN(C(=O)C2CCN(c3ccc(-n4cncn4)nn3)CC2)CC1. The molecule has 4 heterocycles. The second-order valence-electron chi connectivity index (χ2n) is 7.47. The highest BCUT2D eigenvalue weighted by Gasteiger charge is 2.33. The van der Waals surface area contributed by atoms with Crippen molar-refractivity contribution in [2.24, 2.45) is 11.8 Å². The molecule has 10 heteroatoms. The lowest BCUT2D eigenvalue weighted by Crippen LogP contribution is -2.46. The van der Waals surface area contributed by atoms with E-state index < -0.39 is 0 Å². The molecule has 2 aromatic heterocycles. The van der Waals surface area contributed by atoms with E-state index in [2.05, 4.69) is 25.2 Å². The van der Waals surface area contributed by atoms with Crippen LogP contribution < -0.4 is 4.90 Å². The summed E-state index contributed by atoms with van der Waals surface area (Å²) in [6.45, 7) is 2.81. The molecule has 154 valence electrons. The van der Waals surface area contributed by atoms with Crippen molar-refractivity contribution in [3.63, 3.8) is 0 Å². The summed E-state index contributed by atoms with van der Waals surface area (Å²) in [5.74, 6) is 1.42. The first-order valence-electron chi connectivity index (χ1n) is 9.96. The van der Waals surface area contributed by atoms with Gasteiger partial charge in [-0.05, 0) is 37.8 Å². The maximum Gasteiger partial charge on any atom is 0.308 e. The van der Waals surface area contributed by atoms with E-state index in [1.165, 1.54) is 13.4 Å². The molecule has 4 rings (SSSR count). The number of nitrogens with zero attached hydrogens (tertiary/aromatic N) is 7. The molecule has 0 bridgehead atoms. The number of likely N-dealkylation sites (tertiary alicyclic amines) is 1. The number of anilines is 1. The van der Waals surface area contributed by atoms with Gasteiger partial charge in [0.1, 0.15) is 12.7 Å². The molecule has 10 nitrogen and oxygen atoms in total. The van der Waals surface area contributed by atoms with E-state index >= 15 is 0 Å².